The lowest BCUT2D eigenvalue weighted by Gasteiger charge is -2.28. The molecule has 2 atom stereocenters. The zero-order valence-corrected chi connectivity index (χ0v) is 21.6. The Kier molecular flexibility index (Phi) is 7.32. The van der Waals surface area contributed by atoms with Crippen molar-refractivity contribution in [1.82, 2.24) is 4.72 Å². The third-order valence-electron chi connectivity index (χ3n) is 6.95. The van der Waals surface area contributed by atoms with Crippen molar-refractivity contribution in [3.63, 3.8) is 0 Å². The molecule has 0 aromatic heterocycles. The van der Waals surface area contributed by atoms with Gasteiger partial charge in [0.15, 0.2) is 0 Å². The maximum absolute atomic E-state index is 13.8. The second-order valence-corrected chi connectivity index (χ2v) is 11.5. The number of alkyl halides is 1. The molecular formula is C28H30ClN3O3S. The monoisotopic (exact) mass is 523 g/mol. The van der Waals surface area contributed by atoms with Crippen LogP contribution in [-0.4, -0.2) is 27.4 Å². The molecule has 2 N–H and O–H groups in total. The van der Waals surface area contributed by atoms with Crippen LogP contribution in [0.25, 0.3) is 0 Å². The SMILES string of the molecule is O=C(Nc1ccc(N2CCCC2)c(S(=O)(=O)N[C@@H]2CCCc3ccccc32)c1)[C@@H](Cl)c1ccccc1. The molecule has 2 aliphatic rings. The number of halogens is 1. The maximum Gasteiger partial charge on any atom is 0.246 e. The van der Waals surface area contributed by atoms with Gasteiger partial charge in [0.2, 0.25) is 15.9 Å². The van der Waals surface area contributed by atoms with Gasteiger partial charge >= 0.3 is 0 Å². The van der Waals surface area contributed by atoms with Gasteiger partial charge in [0, 0.05) is 24.8 Å². The number of aryl methyl sites for hydroxylation is 1. The summed E-state index contributed by atoms with van der Waals surface area (Å²) < 4.78 is 30.6. The highest BCUT2D eigenvalue weighted by Gasteiger charge is 2.30. The van der Waals surface area contributed by atoms with Crippen molar-refractivity contribution < 1.29 is 13.2 Å². The number of rotatable bonds is 7. The van der Waals surface area contributed by atoms with E-state index in [1.165, 1.54) is 5.56 Å². The minimum absolute atomic E-state index is 0.177. The summed E-state index contributed by atoms with van der Waals surface area (Å²) in [4.78, 5) is 15.1. The van der Waals surface area contributed by atoms with Crippen LogP contribution in [0.2, 0.25) is 0 Å². The molecule has 1 fully saturated rings. The van der Waals surface area contributed by atoms with E-state index in [-0.39, 0.29) is 10.9 Å². The summed E-state index contributed by atoms with van der Waals surface area (Å²) >= 11 is 6.40. The molecule has 1 heterocycles. The lowest BCUT2D eigenvalue weighted by Crippen LogP contribution is -2.32. The predicted octanol–water partition coefficient (Wildman–Crippen LogP) is 5.56. The highest BCUT2D eigenvalue weighted by molar-refractivity contribution is 7.89. The maximum atomic E-state index is 13.8. The normalized spacial score (nSPS) is 18.5. The summed E-state index contributed by atoms with van der Waals surface area (Å²) in [7, 11) is -3.88. The average Bonchev–Trinajstić information content (AvgIpc) is 3.44. The van der Waals surface area contributed by atoms with Crippen LogP contribution >= 0.6 is 11.6 Å². The van der Waals surface area contributed by atoms with Gasteiger partial charge in [0.1, 0.15) is 10.3 Å². The number of nitrogens with zero attached hydrogens (tertiary/aromatic N) is 1. The molecular weight excluding hydrogens is 494 g/mol. The first-order valence-electron chi connectivity index (χ1n) is 12.4. The molecule has 1 aliphatic carbocycles. The van der Waals surface area contributed by atoms with Crippen LogP contribution in [0.4, 0.5) is 11.4 Å². The number of anilines is 2. The fourth-order valence-corrected chi connectivity index (χ4v) is 6.83. The lowest BCUT2D eigenvalue weighted by molar-refractivity contribution is -0.116. The zero-order valence-electron chi connectivity index (χ0n) is 20.0. The van der Waals surface area contributed by atoms with Crippen molar-refractivity contribution in [2.45, 2.75) is 48.4 Å². The van der Waals surface area contributed by atoms with E-state index in [1.807, 2.05) is 36.4 Å². The van der Waals surface area contributed by atoms with E-state index in [2.05, 4.69) is 21.0 Å². The van der Waals surface area contributed by atoms with E-state index in [9.17, 15) is 13.2 Å². The quantitative estimate of drug-likeness (QED) is 0.397. The van der Waals surface area contributed by atoms with Gasteiger partial charge in [-0.05, 0) is 67.0 Å². The molecule has 1 amide bonds. The number of hydrogen-bond donors (Lipinski definition) is 2. The van der Waals surface area contributed by atoms with E-state index < -0.39 is 21.3 Å². The van der Waals surface area contributed by atoms with E-state index in [0.29, 0.717) is 16.9 Å². The predicted molar refractivity (Wildman–Crippen MR) is 144 cm³/mol. The van der Waals surface area contributed by atoms with E-state index in [4.69, 9.17) is 11.6 Å². The zero-order chi connectivity index (χ0) is 25.1. The molecule has 1 saturated heterocycles. The van der Waals surface area contributed by atoms with Gasteiger partial charge in [0.25, 0.3) is 0 Å². The van der Waals surface area contributed by atoms with Crippen molar-refractivity contribution in [2.75, 3.05) is 23.3 Å². The molecule has 3 aromatic carbocycles. The van der Waals surface area contributed by atoms with E-state index >= 15 is 0 Å². The van der Waals surface area contributed by atoms with Crippen LogP contribution in [0.5, 0.6) is 0 Å². The average molecular weight is 524 g/mol. The molecule has 0 unspecified atom stereocenters. The molecule has 0 radical (unpaired) electrons. The Hall–Kier alpha value is -2.87. The first kappa shape index (κ1) is 24.8. The first-order chi connectivity index (χ1) is 17.4. The van der Waals surface area contributed by atoms with Crippen LogP contribution in [0.3, 0.4) is 0 Å². The molecule has 3 aromatic rings. The standard InChI is InChI=1S/C28H30ClN3O3S/c29-27(21-10-2-1-3-11-21)28(33)30-22-15-16-25(32-17-6-7-18-32)26(19-22)36(34,35)31-24-14-8-12-20-9-4-5-13-23(20)24/h1-5,9-11,13,15-16,19,24,27,31H,6-8,12,14,17-18H2,(H,30,33)/t24-,27+/m1/s1. The number of benzene rings is 3. The number of nitrogens with one attached hydrogen (secondary N) is 2. The Labute approximate surface area is 217 Å². The van der Waals surface area contributed by atoms with Gasteiger partial charge in [-0.2, -0.15) is 0 Å². The second kappa shape index (κ2) is 10.6. The van der Waals surface area contributed by atoms with Crippen molar-refractivity contribution in [3.8, 4) is 0 Å². The Morgan fingerprint density at radius 3 is 2.44 bits per heavy atom. The van der Waals surface area contributed by atoms with E-state index in [0.717, 1.165) is 50.8 Å². The van der Waals surface area contributed by atoms with Gasteiger partial charge in [-0.1, -0.05) is 54.6 Å². The summed E-state index contributed by atoms with van der Waals surface area (Å²) in [5, 5.41) is 1.92. The molecule has 6 nitrogen and oxygen atoms in total. The van der Waals surface area contributed by atoms with Crippen molar-refractivity contribution >= 4 is 38.9 Å². The van der Waals surface area contributed by atoms with Gasteiger partial charge in [-0.25, -0.2) is 13.1 Å². The van der Waals surface area contributed by atoms with Crippen LogP contribution < -0.4 is 14.9 Å². The fourth-order valence-electron chi connectivity index (χ4n) is 5.13. The van der Waals surface area contributed by atoms with Crippen LogP contribution in [0.15, 0.2) is 77.7 Å². The largest absolute Gasteiger partial charge is 0.370 e. The van der Waals surface area contributed by atoms with Crippen LogP contribution in [0, 0.1) is 0 Å². The first-order valence-corrected chi connectivity index (χ1v) is 14.3. The number of carbonyl (C=O) groups is 1. The Bertz CT molecular complexity index is 1340. The Morgan fingerprint density at radius 1 is 0.944 bits per heavy atom. The van der Waals surface area contributed by atoms with Crippen molar-refractivity contribution in [3.05, 3.63) is 89.5 Å². The molecule has 0 saturated carbocycles. The summed E-state index contributed by atoms with van der Waals surface area (Å²) in [6, 6.07) is 21.9. The Balaban J connectivity index is 1.45. The minimum Gasteiger partial charge on any atom is -0.370 e. The second-order valence-electron chi connectivity index (χ2n) is 9.40. The molecule has 36 heavy (non-hydrogen) atoms. The number of hydrogen-bond acceptors (Lipinski definition) is 4. The summed E-state index contributed by atoms with van der Waals surface area (Å²) in [5.41, 5.74) is 3.95. The van der Waals surface area contributed by atoms with Gasteiger partial charge in [-0.15, -0.1) is 11.6 Å². The van der Waals surface area contributed by atoms with Gasteiger partial charge < -0.3 is 10.2 Å². The molecule has 188 valence electrons. The topological polar surface area (TPSA) is 78.5 Å². The third-order valence-corrected chi connectivity index (χ3v) is 8.90. The lowest BCUT2D eigenvalue weighted by atomic mass is 9.88. The molecule has 0 spiro atoms. The summed E-state index contributed by atoms with van der Waals surface area (Å²) in [6.45, 7) is 1.61. The number of sulfonamides is 1. The third kappa shape index (κ3) is 5.28. The highest BCUT2D eigenvalue weighted by atomic mass is 35.5. The van der Waals surface area contributed by atoms with Crippen molar-refractivity contribution in [2.24, 2.45) is 0 Å². The molecule has 5 rings (SSSR count). The molecule has 1 aliphatic heterocycles. The smallest absolute Gasteiger partial charge is 0.246 e. The van der Waals surface area contributed by atoms with Crippen LogP contribution in [-0.2, 0) is 21.2 Å². The molecule has 0 bridgehead atoms. The number of amides is 1. The molecule has 8 heteroatoms. The highest BCUT2D eigenvalue weighted by Crippen LogP contribution is 2.35. The van der Waals surface area contributed by atoms with E-state index in [1.54, 1.807) is 30.3 Å². The van der Waals surface area contributed by atoms with Gasteiger partial charge in [-0.3, -0.25) is 4.79 Å². The van der Waals surface area contributed by atoms with Crippen LogP contribution in [0.1, 0.15) is 53.8 Å². The number of carbonyl (C=O) groups excluding carboxylic acids is 1. The summed E-state index contributed by atoms with van der Waals surface area (Å²) in [6.07, 6.45) is 4.67. The Morgan fingerprint density at radius 2 is 1.67 bits per heavy atom. The fraction of sp³-hybridized carbons (Fsp3) is 0.321. The summed E-state index contributed by atoms with van der Waals surface area (Å²) in [5.74, 6) is -0.408. The minimum atomic E-state index is -3.88. The number of fused-ring (bicyclic) bond motifs is 1. The van der Waals surface area contributed by atoms with Crippen molar-refractivity contribution in [1.29, 1.82) is 0 Å². The van der Waals surface area contributed by atoms with Gasteiger partial charge in [0.05, 0.1) is 5.69 Å².